The van der Waals surface area contributed by atoms with Gasteiger partial charge in [0.05, 0.1) is 11.7 Å². The SMILES string of the molecule is CNCc1cc(F)cc(N2CC(C)OC(C)(C)C2)c1. The zero-order chi connectivity index (χ0) is 14.0. The van der Waals surface area contributed by atoms with Gasteiger partial charge in [-0.05, 0) is 51.6 Å². The molecule has 0 radical (unpaired) electrons. The maximum Gasteiger partial charge on any atom is 0.125 e. The number of anilines is 1. The van der Waals surface area contributed by atoms with E-state index in [1.165, 1.54) is 0 Å². The van der Waals surface area contributed by atoms with E-state index in [0.717, 1.165) is 24.3 Å². The largest absolute Gasteiger partial charge is 0.369 e. The number of nitrogens with zero attached hydrogens (tertiary/aromatic N) is 1. The van der Waals surface area contributed by atoms with Gasteiger partial charge >= 0.3 is 0 Å². The van der Waals surface area contributed by atoms with Gasteiger partial charge in [0, 0.05) is 25.3 Å². The summed E-state index contributed by atoms with van der Waals surface area (Å²) in [6.07, 6.45) is 0.153. The second-order valence-electron chi connectivity index (χ2n) is 5.92. The molecule has 2 rings (SSSR count). The predicted octanol–water partition coefficient (Wildman–Crippen LogP) is 2.55. The molecule has 0 spiro atoms. The zero-order valence-electron chi connectivity index (χ0n) is 12.2. The molecule has 3 nitrogen and oxygen atoms in total. The minimum absolute atomic E-state index is 0.153. The van der Waals surface area contributed by atoms with Gasteiger partial charge in [-0.3, -0.25) is 0 Å². The van der Waals surface area contributed by atoms with Crippen molar-refractivity contribution in [2.45, 2.75) is 39.0 Å². The molecule has 0 aromatic heterocycles. The maximum atomic E-state index is 13.7. The van der Waals surface area contributed by atoms with Gasteiger partial charge in [-0.15, -0.1) is 0 Å². The molecule has 1 aromatic carbocycles. The molecule has 1 unspecified atom stereocenters. The minimum Gasteiger partial charge on any atom is -0.369 e. The first kappa shape index (κ1) is 14.3. The van der Waals surface area contributed by atoms with Gasteiger partial charge in [0.25, 0.3) is 0 Å². The summed E-state index contributed by atoms with van der Waals surface area (Å²) >= 11 is 0. The second-order valence-corrected chi connectivity index (χ2v) is 5.92. The summed E-state index contributed by atoms with van der Waals surface area (Å²) in [5, 5.41) is 3.06. The average molecular weight is 266 g/mol. The molecule has 1 heterocycles. The molecule has 1 saturated heterocycles. The third-order valence-corrected chi connectivity index (χ3v) is 3.26. The summed E-state index contributed by atoms with van der Waals surface area (Å²) in [6, 6.07) is 5.23. The number of hydrogen-bond acceptors (Lipinski definition) is 3. The first-order valence-corrected chi connectivity index (χ1v) is 6.76. The fraction of sp³-hybridized carbons (Fsp3) is 0.600. The molecule has 1 fully saturated rings. The molecule has 106 valence electrons. The Morgan fingerprint density at radius 3 is 2.79 bits per heavy atom. The number of benzene rings is 1. The van der Waals surface area contributed by atoms with Gasteiger partial charge in [0.15, 0.2) is 0 Å². The predicted molar refractivity (Wildman–Crippen MR) is 76.0 cm³/mol. The Balaban J connectivity index is 2.25. The van der Waals surface area contributed by atoms with Crippen molar-refractivity contribution in [2.75, 3.05) is 25.0 Å². The minimum atomic E-state index is -0.201. The lowest BCUT2D eigenvalue weighted by atomic mass is 10.0. The molecule has 1 aromatic rings. The van der Waals surface area contributed by atoms with Gasteiger partial charge in [-0.1, -0.05) is 0 Å². The lowest BCUT2D eigenvalue weighted by Crippen LogP contribution is -2.52. The third kappa shape index (κ3) is 3.67. The highest BCUT2D eigenvalue weighted by Crippen LogP contribution is 2.27. The van der Waals surface area contributed by atoms with Crippen LogP contribution in [-0.4, -0.2) is 31.8 Å². The van der Waals surface area contributed by atoms with E-state index in [4.69, 9.17) is 4.74 Å². The smallest absolute Gasteiger partial charge is 0.125 e. The Labute approximate surface area is 114 Å². The third-order valence-electron chi connectivity index (χ3n) is 3.26. The van der Waals surface area contributed by atoms with Crippen LogP contribution in [0.15, 0.2) is 18.2 Å². The first-order chi connectivity index (χ1) is 8.89. The molecule has 1 N–H and O–H groups in total. The van der Waals surface area contributed by atoms with E-state index < -0.39 is 0 Å². The van der Waals surface area contributed by atoms with E-state index in [-0.39, 0.29) is 17.5 Å². The van der Waals surface area contributed by atoms with Crippen LogP contribution in [0.2, 0.25) is 0 Å². The topological polar surface area (TPSA) is 24.5 Å². The van der Waals surface area contributed by atoms with E-state index in [1.54, 1.807) is 12.1 Å². The fourth-order valence-electron chi connectivity index (χ4n) is 2.77. The first-order valence-electron chi connectivity index (χ1n) is 6.76. The summed E-state index contributed by atoms with van der Waals surface area (Å²) in [4.78, 5) is 2.20. The Morgan fingerprint density at radius 2 is 2.16 bits per heavy atom. The Morgan fingerprint density at radius 1 is 1.42 bits per heavy atom. The monoisotopic (exact) mass is 266 g/mol. The average Bonchev–Trinajstić information content (AvgIpc) is 2.25. The Kier molecular flexibility index (Phi) is 4.11. The van der Waals surface area contributed by atoms with Gasteiger partial charge in [0.2, 0.25) is 0 Å². The highest BCUT2D eigenvalue weighted by molar-refractivity contribution is 5.50. The number of halogens is 1. The highest BCUT2D eigenvalue weighted by atomic mass is 19.1. The van der Waals surface area contributed by atoms with E-state index in [0.29, 0.717) is 6.54 Å². The van der Waals surface area contributed by atoms with Crippen LogP contribution in [0, 0.1) is 5.82 Å². The molecule has 19 heavy (non-hydrogen) atoms. The number of morpholine rings is 1. The zero-order valence-corrected chi connectivity index (χ0v) is 12.2. The maximum absolute atomic E-state index is 13.7. The summed E-state index contributed by atoms with van der Waals surface area (Å²) in [6.45, 7) is 8.45. The standard InChI is InChI=1S/C15H23FN2O/c1-11-9-18(10-15(2,3)19-11)14-6-12(8-17-4)5-13(16)7-14/h5-7,11,17H,8-10H2,1-4H3. The molecule has 0 aliphatic carbocycles. The summed E-state index contributed by atoms with van der Waals surface area (Å²) in [7, 11) is 1.87. The van der Waals surface area contributed by atoms with Gasteiger partial charge in [0.1, 0.15) is 5.82 Å². The van der Waals surface area contributed by atoms with Crippen LogP contribution >= 0.6 is 0 Å². The Hall–Kier alpha value is -1.13. The van der Waals surface area contributed by atoms with Crippen LogP contribution in [0.5, 0.6) is 0 Å². The lowest BCUT2D eigenvalue weighted by Gasteiger charge is -2.43. The van der Waals surface area contributed by atoms with E-state index in [2.05, 4.69) is 31.0 Å². The lowest BCUT2D eigenvalue weighted by molar-refractivity contribution is -0.0749. The molecular formula is C15H23FN2O. The van der Waals surface area contributed by atoms with Crippen LogP contribution < -0.4 is 10.2 Å². The molecule has 1 atom stereocenters. The Bertz CT molecular complexity index is 448. The van der Waals surface area contributed by atoms with Gasteiger partial charge in [-0.25, -0.2) is 4.39 Å². The molecule has 0 saturated carbocycles. The molecule has 0 amide bonds. The summed E-state index contributed by atoms with van der Waals surface area (Å²) in [5.74, 6) is -0.181. The van der Waals surface area contributed by atoms with Crippen LogP contribution in [0.1, 0.15) is 26.3 Å². The highest BCUT2D eigenvalue weighted by Gasteiger charge is 2.31. The van der Waals surface area contributed by atoms with Crippen molar-refractivity contribution in [3.63, 3.8) is 0 Å². The van der Waals surface area contributed by atoms with Crippen LogP contribution in [-0.2, 0) is 11.3 Å². The van der Waals surface area contributed by atoms with Gasteiger partial charge < -0.3 is 15.0 Å². The molecular weight excluding hydrogens is 243 g/mol. The second kappa shape index (κ2) is 5.47. The molecule has 4 heteroatoms. The van der Waals surface area contributed by atoms with Crippen LogP contribution in [0.3, 0.4) is 0 Å². The van der Waals surface area contributed by atoms with Crippen molar-refractivity contribution in [1.29, 1.82) is 0 Å². The number of nitrogens with one attached hydrogen (secondary N) is 1. The molecule has 1 aliphatic heterocycles. The van der Waals surface area contributed by atoms with Crippen LogP contribution in [0.4, 0.5) is 10.1 Å². The number of hydrogen-bond donors (Lipinski definition) is 1. The number of rotatable bonds is 3. The van der Waals surface area contributed by atoms with Crippen molar-refractivity contribution >= 4 is 5.69 Å². The quantitative estimate of drug-likeness (QED) is 0.910. The van der Waals surface area contributed by atoms with Crippen molar-refractivity contribution in [2.24, 2.45) is 0 Å². The van der Waals surface area contributed by atoms with Crippen molar-refractivity contribution in [1.82, 2.24) is 5.32 Å². The fourth-order valence-corrected chi connectivity index (χ4v) is 2.77. The van der Waals surface area contributed by atoms with E-state index in [9.17, 15) is 4.39 Å². The normalized spacial score (nSPS) is 22.6. The van der Waals surface area contributed by atoms with Gasteiger partial charge in [-0.2, -0.15) is 0 Å². The van der Waals surface area contributed by atoms with E-state index in [1.807, 2.05) is 13.1 Å². The van der Waals surface area contributed by atoms with Crippen molar-refractivity contribution in [3.05, 3.63) is 29.6 Å². The van der Waals surface area contributed by atoms with E-state index >= 15 is 0 Å². The molecule has 1 aliphatic rings. The van der Waals surface area contributed by atoms with Crippen molar-refractivity contribution in [3.8, 4) is 0 Å². The summed E-state index contributed by atoms with van der Waals surface area (Å²) < 4.78 is 19.6. The van der Waals surface area contributed by atoms with Crippen molar-refractivity contribution < 1.29 is 9.13 Å². The summed E-state index contributed by atoms with van der Waals surface area (Å²) in [5.41, 5.74) is 1.70. The van der Waals surface area contributed by atoms with Crippen LogP contribution in [0.25, 0.3) is 0 Å². The number of ether oxygens (including phenoxy) is 1. The molecule has 0 bridgehead atoms.